The first-order chi connectivity index (χ1) is 21.7. The van der Waals surface area contributed by atoms with E-state index >= 15 is 0 Å². The van der Waals surface area contributed by atoms with E-state index in [2.05, 4.69) is 14.2 Å². The highest BCUT2D eigenvalue weighted by atomic mass is 28.4. The van der Waals surface area contributed by atoms with Crippen LogP contribution in [-0.2, 0) is 45.6 Å². The average molecular weight is 743 g/mol. The minimum atomic E-state index is -5.02. The van der Waals surface area contributed by atoms with Gasteiger partial charge in [-0.1, -0.05) is 12.8 Å². The Morgan fingerprint density at radius 1 is 0.617 bits per heavy atom. The van der Waals surface area contributed by atoms with Gasteiger partial charge in [0.2, 0.25) is 0 Å². The number of carbonyl (C=O) groups is 1. The summed E-state index contributed by atoms with van der Waals surface area (Å²) in [5, 5.41) is 0. The van der Waals surface area contributed by atoms with Gasteiger partial charge in [0.05, 0.1) is 6.42 Å². The number of halogens is 8. The van der Waals surface area contributed by atoms with Crippen LogP contribution in [0.4, 0.5) is 35.1 Å². The molecular weight excluding hydrogens is 692 g/mol. The molecule has 0 aromatic carbocycles. The van der Waals surface area contributed by atoms with Crippen molar-refractivity contribution in [3.63, 3.8) is 0 Å². The van der Waals surface area contributed by atoms with Crippen molar-refractivity contribution in [1.29, 1.82) is 0 Å². The SMILES string of the molecule is CCOCC(F)(F)CC(F)(F)OC(F)(F)COCC(F)(F)CC(=O)CCC(CCC[Si](OC)(OC)OC)CCC[Si](OC)(OC)OC. The van der Waals surface area contributed by atoms with Crippen molar-refractivity contribution in [2.24, 2.45) is 5.92 Å². The Hall–Kier alpha value is -0.816. The highest BCUT2D eigenvalue weighted by Gasteiger charge is 2.51. The van der Waals surface area contributed by atoms with Crippen LogP contribution in [0, 0.1) is 5.92 Å². The molecule has 0 aliphatic heterocycles. The molecule has 0 aliphatic rings. The lowest BCUT2D eigenvalue weighted by Crippen LogP contribution is -2.42. The third-order valence-electron chi connectivity index (χ3n) is 7.21. The molecule has 0 aromatic heterocycles. The molecule has 0 fully saturated rings. The summed E-state index contributed by atoms with van der Waals surface area (Å²) < 4.78 is 155. The molecule has 0 saturated carbocycles. The normalized spacial score (nSPS) is 14.0. The lowest BCUT2D eigenvalue weighted by molar-refractivity contribution is -0.397. The number of hydrogen-bond acceptors (Lipinski definition) is 10. The molecule has 0 aliphatic carbocycles. The van der Waals surface area contributed by atoms with Gasteiger partial charge >= 0.3 is 29.8 Å². The Kier molecular flexibility index (Phi) is 21.0. The minimum absolute atomic E-state index is 0.100. The Balaban J connectivity index is 5.10. The molecule has 0 unspecified atom stereocenters. The average Bonchev–Trinajstić information content (AvgIpc) is 2.97. The largest absolute Gasteiger partial charge is 0.500 e. The summed E-state index contributed by atoms with van der Waals surface area (Å²) in [6, 6.07) is 0.943. The number of carbonyl (C=O) groups excluding carboxylic acids is 1. The van der Waals surface area contributed by atoms with E-state index in [4.69, 9.17) is 26.6 Å². The Labute approximate surface area is 273 Å². The molecule has 0 heterocycles. The fourth-order valence-electron chi connectivity index (χ4n) is 4.76. The summed E-state index contributed by atoms with van der Waals surface area (Å²) >= 11 is 0. The summed E-state index contributed by atoms with van der Waals surface area (Å²) in [5.41, 5.74) is 0. The van der Waals surface area contributed by atoms with Gasteiger partial charge in [-0.2, -0.15) is 17.6 Å². The zero-order valence-electron chi connectivity index (χ0n) is 28.1. The van der Waals surface area contributed by atoms with Crippen LogP contribution in [-0.4, -0.2) is 117 Å². The standard InChI is InChI=1S/C27H50F8O10Si2/c1-8-43-20-25(30,31)18-26(32,33)45-27(34,35)21-44-19-24(28,29)17-23(36)14-13-22(11-9-15-46(37-2,38-3)39-4)12-10-16-47(40-5,41-6)42-7/h22H,8-21H2,1-7H3. The minimum Gasteiger partial charge on any atom is -0.377 e. The van der Waals surface area contributed by atoms with Gasteiger partial charge in [-0.05, 0) is 32.1 Å². The Bertz CT molecular complexity index is 827. The topological polar surface area (TPSA) is 100 Å². The molecule has 0 N–H and O–H groups in total. The van der Waals surface area contributed by atoms with Crippen LogP contribution in [0.25, 0.3) is 0 Å². The van der Waals surface area contributed by atoms with Crippen molar-refractivity contribution < 1.29 is 80.7 Å². The Morgan fingerprint density at radius 2 is 1.06 bits per heavy atom. The van der Waals surface area contributed by atoms with Crippen molar-refractivity contribution in [2.75, 3.05) is 69.1 Å². The number of rotatable bonds is 30. The first-order valence-corrected chi connectivity index (χ1v) is 18.8. The molecule has 47 heavy (non-hydrogen) atoms. The van der Waals surface area contributed by atoms with E-state index in [1.165, 1.54) is 49.6 Å². The van der Waals surface area contributed by atoms with Crippen molar-refractivity contribution in [3.8, 4) is 0 Å². The molecule has 0 bridgehead atoms. The van der Waals surface area contributed by atoms with Gasteiger partial charge in [-0.15, -0.1) is 0 Å². The van der Waals surface area contributed by atoms with Crippen molar-refractivity contribution in [3.05, 3.63) is 0 Å². The first-order valence-electron chi connectivity index (χ1n) is 14.9. The van der Waals surface area contributed by atoms with E-state index < -0.39 is 80.1 Å². The second-order valence-corrected chi connectivity index (χ2v) is 17.1. The summed E-state index contributed by atoms with van der Waals surface area (Å²) in [5.74, 6) is -9.09. The highest BCUT2D eigenvalue weighted by Crippen LogP contribution is 2.36. The van der Waals surface area contributed by atoms with Crippen LogP contribution in [0.3, 0.4) is 0 Å². The third kappa shape index (κ3) is 19.2. The predicted octanol–water partition coefficient (Wildman–Crippen LogP) is 6.57. The molecule has 0 radical (unpaired) electrons. The maximum absolute atomic E-state index is 14.4. The molecule has 0 amide bonds. The van der Waals surface area contributed by atoms with Crippen LogP contribution < -0.4 is 0 Å². The van der Waals surface area contributed by atoms with E-state index in [-0.39, 0.29) is 25.4 Å². The van der Waals surface area contributed by atoms with E-state index in [1.54, 1.807) is 0 Å². The van der Waals surface area contributed by atoms with Gasteiger partial charge in [0.15, 0.2) is 0 Å². The van der Waals surface area contributed by atoms with Crippen molar-refractivity contribution >= 4 is 23.4 Å². The van der Waals surface area contributed by atoms with Gasteiger partial charge in [-0.3, -0.25) is 9.53 Å². The zero-order valence-corrected chi connectivity index (χ0v) is 30.1. The van der Waals surface area contributed by atoms with Crippen molar-refractivity contribution in [2.45, 2.75) is 94.4 Å². The first kappa shape index (κ1) is 46.2. The van der Waals surface area contributed by atoms with Crippen LogP contribution in [0.15, 0.2) is 0 Å². The molecule has 0 saturated heterocycles. The third-order valence-corrected chi connectivity index (χ3v) is 12.9. The van der Waals surface area contributed by atoms with Crippen LogP contribution in [0.1, 0.15) is 58.3 Å². The monoisotopic (exact) mass is 742 g/mol. The van der Waals surface area contributed by atoms with Crippen LogP contribution in [0.5, 0.6) is 0 Å². The number of alkyl halides is 8. The van der Waals surface area contributed by atoms with Gasteiger partial charge in [0, 0.05) is 67.8 Å². The van der Waals surface area contributed by atoms with Gasteiger partial charge in [-0.25, -0.2) is 17.6 Å². The number of ether oxygens (including phenoxy) is 3. The molecule has 20 heteroatoms. The van der Waals surface area contributed by atoms with Crippen LogP contribution >= 0.6 is 0 Å². The molecule has 0 atom stereocenters. The molecule has 10 nitrogen and oxygen atoms in total. The lowest BCUT2D eigenvalue weighted by Gasteiger charge is -2.27. The van der Waals surface area contributed by atoms with Crippen LogP contribution in [0.2, 0.25) is 12.1 Å². The number of hydrogen-bond donors (Lipinski definition) is 0. The smallest absolute Gasteiger partial charge is 0.377 e. The second kappa shape index (κ2) is 21.4. The quantitative estimate of drug-likeness (QED) is 0.0594. The van der Waals surface area contributed by atoms with E-state index in [0.717, 1.165) is 0 Å². The van der Waals surface area contributed by atoms with Gasteiger partial charge in [0.1, 0.15) is 32.0 Å². The number of Topliss-reactive ketones (excluding diaryl/α,β-unsaturated/α-hetero) is 1. The van der Waals surface area contributed by atoms with Gasteiger partial charge in [0.25, 0.3) is 11.8 Å². The maximum Gasteiger partial charge on any atom is 0.500 e. The lowest BCUT2D eigenvalue weighted by atomic mass is 9.91. The van der Waals surface area contributed by atoms with Gasteiger partial charge < -0.3 is 36.0 Å². The fourth-order valence-corrected chi connectivity index (χ4v) is 8.26. The maximum atomic E-state index is 14.4. The Morgan fingerprint density at radius 3 is 1.49 bits per heavy atom. The molecule has 0 rings (SSSR count). The molecule has 0 aromatic rings. The predicted molar refractivity (Wildman–Crippen MR) is 157 cm³/mol. The van der Waals surface area contributed by atoms with E-state index in [0.29, 0.717) is 37.8 Å². The molecular formula is C27H50F8O10Si2. The zero-order chi connectivity index (χ0) is 36.4. The fraction of sp³-hybridized carbons (Fsp3) is 0.963. The summed E-state index contributed by atoms with van der Waals surface area (Å²) in [7, 11) is 3.09. The number of ketones is 1. The highest BCUT2D eigenvalue weighted by molar-refractivity contribution is 6.60. The van der Waals surface area contributed by atoms with E-state index in [1.807, 2.05) is 0 Å². The molecule has 282 valence electrons. The van der Waals surface area contributed by atoms with E-state index in [9.17, 15) is 39.9 Å². The molecule has 0 spiro atoms. The summed E-state index contributed by atoms with van der Waals surface area (Å²) in [4.78, 5) is 12.5. The summed E-state index contributed by atoms with van der Waals surface area (Å²) in [6.45, 7) is -4.18. The van der Waals surface area contributed by atoms with Crippen molar-refractivity contribution in [1.82, 2.24) is 0 Å². The second-order valence-electron chi connectivity index (χ2n) is 10.9. The summed E-state index contributed by atoms with van der Waals surface area (Å²) in [6.07, 6.45) is -11.4.